The van der Waals surface area contributed by atoms with Crippen LogP contribution in [0.2, 0.25) is 0 Å². The average Bonchev–Trinajstić information content (AvgIpc) is 2.86. The van der Waals surface area contributed by atoms with Crippen LogP contribution < -0.4 is 0 Å². The lowest BCUT2D eigenvalue weighted by Gasteiger charge is -2.08. The fraction of sp³-hybridized carbons (Fsp3) is 0.250. The highest BCUT2D eigenvalue weighted by atomic mass is 15.1. The highest BCUT2D eigenvalue weighted by Gasteiger charge is 2.15. The first-order valence-electron chi connectivity index (χ1n) is 6.85. The summed E-state index contributed by atoms with van der Waals surface area (Å²) in [4.78, 5) is 4.71. The molecule has 0 unspecified atom stereocenters. The van der Waals surface area contributed by atoms with Gasteiger partial charge in [-0.25, -0.2) is 4.98 Å². The van der Waals surface area contributed by atoms with Crippen LogP contribution in [-0.4, -0.2) is 19.7 Å². The zero-order valence-corrected chi connectivity index (χ0v) is 12.3. The summed E-state index contributed by atoms with van der Waals surface area (Å²) in [5.74, 6) is 0.873. The standard InChI is InChI=1S/C16H15N5/c1-4-21-15-6-5-12(9-17)8-14(15)18-16(21)13-7-10(2)19-20-11(13)3/h5-8H,4H2,1-3H3. The fourth-order valence-electron chi connectivity index (χ4n) is 2.50. The minimum Gasteiger partial charge on any atom is -0.324 e. The summed E-state index contributed by atoms with van der Waals surface area (Å²) in [5.41, 5.74) is 5.18. The van der Waals surface area contributed by atoms with Gasteiger partial charge in [-0.3, -0.25) is 0 Å². The number of benzene rings is 1. The molecular formula is C16H15N5. The Labute approximate surface area is 122 Å². The van der Waals surface area contributed by atoms with Gasteiger partial charge in [0.2, 0.25) is 0 Å². The molecule has 0 saturated heterocycles. The van der Waals surface area contributed by atoms with Crippen LogP contribution in [-0.2, 0) is 6.54 Å². The normalized spacial score (nSPS) is 10.8. The Balaban J connectivity index is 2.32. The molecule has 3 rings (SSSR count). The first kappa shape index (κ1) is 13.3. The number of imidazole rings is 1. The molecule has 21 heavy (non-hydrogen) atoms. The van der Waals surface area contributed by atoms with Crippen molar-refractivity contribution in [1.82, 2.24) is 19.7 Å². The maximum Gasteiger partial charge on any atom is 0.143 e. The maximum atomic E-state index is 9.03. The number of rotatable bonds is 2. The van der Waals surface area contributed by atoms with Gasteiger partial charge in [0.1, 0.15) is 5.82 Å². The van der Waals surface area contributed by atoms with Gasteiger partial charge >= 0.3 is 0 Å². The van der Waals surface area contributed by atoms with Crippen LogP contribution in [0.25, 0.3) is 22.4 Å². The van der Waals surface area contributed by atoms with E-state index in [-0.39, 0.29) is 0 Å². The lowest BCUT2D eigenvalue weighted by atomic mass is 10.2. The van der Waals surface area contributed by atoms with Crippen molar-refractivity contribution in [3.8, 4) is 17.5 Å². The van der Waals surface area contributed by atoms with Crippen LogP contribution in [0.15, 0.2) is 24.3 Å². The lowest BCUT2D eigenvalue weighted by Crippen LogP contribution is -2.01. The van der Waals surface area contributed by atoms with E-state index in [0.29, 0.717) is 5.56 Å². The quantitative estimate of drug-likeness (QED) is 0.722. The van der Waals surface area contributed by atoms with Crippen LogP contribution in [0.1, 0.15) is 23.9 Å². The number of aromatic nitrogens is 4. The smallest absolute Gasteiger partial charge is 0.143 e. The SMILES string of the molecule is CCn1c(-c2cc(C)nnc2C)nc2cc(C#N)ccc21. The molecule has 1 aromatic carbocycles. The van der Waals surface area contributed by atoms with Crippen LogP contribution in [0.5, 0.6) is 0 Å². The average molecular weight is 277 g/mol. The summed E-state index contributed by atoms with van der Waals surface area (Å²) in [5, 5.41) is 17.3. The summed E-state index contributed by atoms with van der Waals surface area (Å²) in [6.45, 7) is 6.74. The number of fused-ring (bicyclic) bond motifs is 1. The first-order valence-corrected chi connectivity index (χ1v) is 6.85. The molecule has 2 aromatic heterocycles. The largest absolute Gasteiger partial charge is 0.324 e. The van der Waals surface area contributed by atoms with Crippen LogP contribution in [0.3, 0.4) is 0 Å². The fourth-order valence-corrected chi connectivity index (χ4v) is 2.50. The number of aryl methyl sites for hydroxylation is 3. The van der Waals surface area contributed by atoms with Crippen molar-refractivity contribution in [2.24, 2.45) is 0 Å². The highest BCUT2D eigenvalue weighted by Crippen LogP contribution is 2.27. The van der Waals surface area contributed by atoms with Crippen molar-refractivity contribution in [1.29, 1.82) is 5.26 Å². The predicted molar refractivity (Wildman–Crippen MR) is 80.6 cm³/mol. The first-order chi connectivity index (χ1) is 10.1. The van der Waals surface area contributed by atoms with Crippen molar-refractivity contribution in [3.05, 3.63) is 41.2 Å². The Kier molecular flexibility index (Phi) is 3.15. The molecule has 5 heteroatoms. The van der Waals surface area contributed by atoms with Gasteiger partial charge in [0.25, 0.3) is 0 Å². The molecule has 0 N–H and O–H groups in total. The molecule has 0 bridgehead atoms. The summed E-state index contributed by atoms with van der Waals surface area (Å²) >= 11 is 0. The van der Waals surface area contributed by atoms with Crippen molar-refractivity contribution in [2.45, 2.75) is 27.3 Å². The second-order valence-corrected chi connectivity index (χ2v) is 4.98. The van der Waals surface area contributed by atoms with Crippen molar-refractivity contribution in [2.75, 3.05) is 0 Å². The molecular weight excluding hydrogens is 262 g/mol. The third-order valence-corrected chi connectivity index (χ3v) is 3.54. The number of nitrogens with zero attached hydrogens (tertiary/aromatic N) is 5. The monoisotopic (exact) mass is 277 g/mol. The summed E-state index contributed by atoms with van der Waals surface area (Å²) in [6, 6.07) is 9.75. The molecule has 2 heterocycles. The second-order valence-electron chi connectivity index (χ2n) is 4.98. The second kappa shape index (κ2) is 4.98. The van der Waals surface area contributed by atoms with Gasteiger partial charge in [-0.15, -0.1) is 0 Å². The molecule has 0 radical (unpaired) electrons. The highest BCUT2D eigenvalue weighted by molar-refractivity contribution is 5.82. The van der Waals surface area contributed by atoms with Crippen molar-refractivity contribution >= 4 is 11.0 Å². The molecule has 0 aliphatic heterocycles. The molecule has 0 spiro atoms. The number of hydrogen-bond donors (Lipinski definition) is 0. The minimum atomic E-state index is 0.621. The molecule has 0 aliphatic rings. The summed E-state index contributed by atoms with van der Waals surface area (Å²) < 4.78 is 2.14. The third-order valence-electron chi connectivity index (χ3n) is 3.54. The molecule has 0 atom stereocenters. The molecule has 104 valence electrons. The molecule has 0 aliphatic carbocycles. The predicted octanol–water partition coefficient (Wildman–Crippen LogP) is 3.00. The van der Waals surface area contributed by atoms with E-state index in [2.05, 4.69) is 27.8 Å². The van der Waals surface area contributed by atoms with Crippen molar-refractivity contribution < 1.29 is 0 Å². The zero-order chi connectivity index (χ0) is 15.0. The van der Waals surface area contributed by atoms with E-state index in [9.17, 15) is 0 Å². The van der Waals surface area contributed by atoms with Gasteiger partial charge in [-0.2, -0.15) is 15.5 Å². The van der Waals surface area contributed by atoms with Gasteiger partial charge in [-0.1, -0.05) is 0 Å². The van der Waals surface area contributed by atoms with E-state index in [1.807, 2.05) is 38.1 Å². The van der Waals surface area contributed by atoms with Crippen molar-refractivity contribution in [3.63, 3.8) is 0 Å². The maximum absolute atomic E-state index is 9.03. The van der Waals surface area contributed by atoms with E-state index in [1.54, 1.807) is 0 Å². The van der Waals surface area contributed by atoms with Gasteiger partial charge in [0.05, 0.1) is 34.1 Å². The third kappa shape index (κ3) is 2.15. The van der Waals surface area contributed by atoms with Gasteiger partial charge in [-0.05, 0) is 45.0 Å². The Bertz CT molecular complexity index is 870. The van der Waals surface area contributed by atoms with E-state index in [0.717, 1.165) is 40.4 Å². The van der Waals surface area contributed by atoms with Crippen LogP contribution >= 0.6 is 0 Å². The van der Waals surface area contributed by atoms with E-state index >= 15 is 0 Å². The van der Waals surface area contributed by atoms with E-state index < -0.39 is 0 Å². The van der Waals surface area contributed by atoms with Gasteiger partial charge in [0, 0.05) is 12.1 Å². The molecule has 0 fully saturated rings. The Hall–Kier alpha value is -2.74. The van der Waals surface area contributed by atoms with Crippen LogP contribution in [0, 0.1) is 25.2 Å². The van der Waals surface area contributed by atoms with E-state index in [1.165, 1.54) is 0 Å². The van der Waals surface area contributed by atoms with Gasteiger partial charge < -0.3 is 4.57 Å². The molecule has 3 aromatic rings. The number of hydrogen-bond acceptors (Lipinski definition) is 4. The lowest BCUT2D eigenvalue weighted by molar-refractivity contribution is 0.792. The summed E-state index contributed by atoms with van der Waals surface area (Å²) in [7, 11) is 0. The minimum absolute atomic E-state index is 0.621. The van der Waals surface area contributed by atoms with Crippen LogP contribution in [0.4, 0.5) is 0 Å². The molecule has 0 saturated carbocycles. The molecule has 0 amide bonds. The summed E-state index contributed by atoms with van der Waals surface area (Å²) in [6.07, 6.45) is 0. The van der Waals surface area contributed by atoms with E-state index in [4.69, 9.17) is 10.2 Å². The molecule has 5 nitrogen and oxygen atoms in total. The van der Waals surface area contributed by atoms with Gasteiger partial charge in [0.15, 0.2) is 0 Å². The number of nitriles is 1. The Morgan fingerprint density at radius 1 is 1.19 bits per heavy atom. The topological polar surface area (TPSA) is 67.4 Å². The zero-order valence-electron chi connectivity index (χ0n) is 12.3. The Morgan fingerprint density at radius 2 is 2.00 bits per heavy atom. The Morgan fingerprint density at radius 3 is 2.71 bits per heavy atom.